The first-order valence-corrected chi connectivity index (χ1v) is 7.14. The number of thiophene rings is 1. The summed E-state index contributed by atoms with van der Waals surface area (Å²) in [5.41, 5.74) is 1.11. The summed E-state index contributed by atoms with van der Waals surface area (Å²) in [6, 6.07) is 8.74. The molecule has 0 unspecified atom stereocenters. The molecule has 0 atom stereocenters. The maximum Gasteiger partial charge on any atom is 0.265 e. The van der Waals surface area contributed by atoms with Gasteiger partial charge in [-0.25, -0.2) is 0 Å². The monoisotopic (exact) mass is 304 g/mol. The van der Waals surface area contributed by atoms with Crippen molar-refractivity contribution in [2.45, 2.75) is 13.8 Å². The van der Waals surface area contributed by atoms with E-state index in [1.807, 2.05) is 13.0 Å². The molecule has 2 amide bonds. The second kappa shape index (κ2) is 6.41. The first-order valence-electron chi connectivity index (χ1n) is 6.33. The Labute approximate surface area is 126 Å². The highest BCUT2D eigenvalue weighted by molar-refractivity contribution is 7.14. The van der Waals surface area contributed by atoms with Crippen LogP contribution in [0.4, 0.5) is 11.4 Å². The largest absolute Gasteiger partial charge is 0.495 e. The van der Waals surface area contributed by atoms with Crippen LogP contribution < -0.4 is 15.4 Å². The first kappa shape index (κ1) is 15.1. The van der Waals surface area contributed by atoms with Gasteiger partial charge in [0.25, 0.3) is 5.91 Å². The molecule has 0 aliphatic carbocycles. The molecular formula is C15H16N2O3S. The van der Waals surface area contributed by atoms with Gasteiger partial charge < -0.3 is 15.4 Å². The number of hydrogen-bond acceptors (Lipinski definition) is 4. The van der Waals surface area contributed by atoms with Crippen LogP contribution in [-0.2, 0) is 4.79 Å². The van der Waals surface area contributed by atoms with Gasteiger partial charge in [-0.2, -0.15) is 0 Å². The number of ether oxygens (including phenoxy) is 1. The minimum absolute atomic E-state index is 0.175. The Hall–Kier alpha value is -2.34. The predicted octanol–water partition coefficient (Wildman–Crippen LogP) is 3.28. The number of hydrogen-bond donors (Lipinski definition) is 2. The molecule has 1 aromatic carbocycles. The van der Waals surface area contributed by atoms with Crippen LogP contribution in [-0.4, -0.2) is 18.9 Å². The van der Waals surface area contributed by atoms with E-state index in [2.05, 4.69) is 10.6 Å². The van der Waals surface area contributed by atoms with Crippen LogP contribution in [0.3, 0.4) is 0 Å². The maximum atomic E-state index is 12.2. The lowest BCUT2D eigenvalue weighted by molar-refractivity contribution is -0.114. The molecule has 0 saturated carbocycles. The lowest BCUT2D eigenvalue weighted by Crippen LogP contribution is -2.12. The van der Waals surface area contributed by atoms with Gasteiger partial charge in [-0.15, -0.1) is 11.3 Å². The number of carbonyl (C=O) groups excluding carboxylic acids is 2. The van der Waals surface area contributed by atoms with Crippen molar-refractivity contribution in [3.05, 3.63) is 40.1 Å². The van der Waals surface area contributed by atoms with Crippen LogP contribution in [0.15, 0.2) is 30.3 Å². The smallest absolute Gasteiger partial charge is 0.265 e. The molecule has 6 heteroatoms. The summed E-state index contributed by atoms with van der Waals surface area (Å²) < 4.78 is 5.22. The minimum Gasteiger partial charge on any atom is -0.495 e. The Morgan fingerprint density at radius 3 is 2.48 bits per heavy atom. The molecule has 1 heterocycles. The molecule has 1 aromatic heterocycles. The SMILES string of the molecule is COc1ccc(NC(C)=O)cc1NC(=O)c1ccc(C)s1. The van der Waals surface area contributed by atoms with Crippen LogP contribution in [0.1, 0.15) is 21.5 Å². The Balaban J connectivity index is 2.24. The second-order valence-corrected chi connectivity index (χ2v) is 5.75. The molecule has 2 aromatic rings. The van der Waals surface area contributed by atoms with Crippen molar-refractivity contribution in [2.75, 3.05) is 17.7 Å². The number of aryl methyl sites for hydroxylation is 1. The molecule has 0 saturated heterocycles. The Kier molecular flexibility index (Phi) is 4.59. The number of rotatable bonds is 4. The highest BCUT2D eigenvalue weighted by Gasteiger charge is 2.12. The van der Waals surface area contributed by atoms with Crippen molar-refractivity contribution in [1.29, 1.82) is 0 Å². The lowest BCUT2D eigenvalue weighted by Gasteiger charge is -2.11. The number of nitrogens with one attached hydrogen (secondary N) is 2. The molecule has 2 N–H and O–H groups in total. The van der Waals surface area contributed by atoms with Crippen molar-refractivity contribution >= 4 is 34.5 Å². The number of anilines is 2. The van der Waals surface area contributed by atoms with E-state index in [4.69, 9.17) is 4.74 Å². The number of carbonyl (C=O) groups is 2. The molecular weight excluding hydrogens is 288 g/mol. The average Bonchev–Trinajstić information content (AvgIpc) is 2.85. The Morgan fingerprint density at radius 2 is 1.90 bits per heavy atom. The summed E-state index contributed by atoms with van der Waals surface area (Å²) in [6.07, 6.45) is 0. The fourth-order valence-corrected chi connectivity index (χ4v) is 2.59. The minimum atomic E-state index is -0.202. The van der Waals surface area contributed by atoms with E-state index in [-0.39, 0.29) is 11.8 Å². The third-order valence-corrected chi connectivity index (χ3v) is 3.73. The average molecular weight is 304 g/mol. The van der Waals surface area contributed by atoms with Crippen molar-refractivity contribution in [1.82, 2.24) is 0 Å². The highest BCUT2D eigenvalue weighted by Crippen LogP contribution is 2.29. The molecule has 0 aliphatic rings. The van der Waals surface area contributed by atoms with E-state index >= 15 is 0 Å². The van der Waals surface area contributed by atoms with Gasteiger partial charge in [0.2, 0.25) is 5.91 Å². The maximum absolute atomic E-state index is 12.2. The number of amides is 2. The quantitative estimate of drug-likeness (QED) is 0.911. The van der Waals surface area contributed by atoms with Crippen LogP contribution in [0.25, 0.3) is 0 Å². The topological polar surface area (TPSA) is 67.4 Å². The molecule has 0 fully saturated rings. The zero-order valence-corrected chi connectivity index (χ0v) is 12.8. The molecule has 0 bridgehead atoms. The highest BCUT2D eigenvalue weighted by atomic mass is 32.1. The van der Waals surface area contributed by atoms with Gasteiger partial charge >= 0.3 is 0 Å². The number of methoxy groups -OCH3 is 1. The van der Waals surface area contributed by atoms with Crippen molar-refractivity contribution < 1.29 is 14.3 Å². The molecule has 0 radical (unpaired) electrons. The fraction of sp³-hybridized carbons (Fsp3) is 0.200. The van der Waals surface area contributed by atoms with Gasteiger partial charge in [0.15, 0.2) is 0 Å². The van der Waals surface area contributed by atoms with Crippen LogP contribution in [0, 0.1) is 6.92 Å². The van der Waals surface area contributed by atoms with Gasteiger partial charge in [0.1, 0.15) is 5.75 Å². The molecule has 110 valence electrons. The van der Waals surface area contributed by atoms with Gasteiger partial charge in [0, 0.05) is 17.5 Å². The van der Waals surface area contributed by atoms with Gasteiger partial charge in [-0.3, -0.25) is 9.59 Å². The zero-order valence-electron chi connectivity index (χ0n) is 12.0. The third-order valence-electron chi connectivity index (χ3n) is 2.73. The van der Waals surface area contributed by atoms with Crippen LogP contribution in [0.2, 0.25) is 0 Å². The van der Waals surface area contributed by atoms with E-state index in [1.54, 1.807) is 24.3 Å². The van der Waals surface area contributed by atoms with E-state index in [0.29, 0.717) is 22.0 Å². The summed E-state index contributed by atoms with van der Waals surface area (Å²) in [5, 5.41) is 5.47. The Morgan fingerprint density at radius 1 is 1.14 bits per heavy atom. The zero-order chi connectivity index (χ0) is 15.4. The molecule has 0 aliphatic heterocycles. The van der Waals surface area contributed by atoms with Crippen molar-refractivity contribution in [3.8, 4) is 5.75 Å². The fourth-order valence-electron chi connectivity index (χ4n) is 1.83. The molecule has 0 spiro atoms. The summed E-state index contributed by atoms with van der Waals surface area (Å²) in [7, 11) is 1.53. The first-order chi connectivity index (χ1) is 9.99. The second-order valence-electron chi connectivity index (χ2n) is 4.46. The van der Waals surface area contributed by atoms with Gasteiger partial charge in [0.05, 0.1) is 17.7 Å². The molecule has 5 nitrogen and oxygen atoms in total. The van der Waals surface area contributed by atoms with Gasteiger partial charge in [-0.1, -0.05) is 0 Å². The van der Waals surface area contributed by atoms with E-state index in [1.165, 1.54) is 25.4 Å². The predicted molar refractivity (Wildman–Crippen MR) is 84.3 cm³/mol. The van der Waals surface area contributed by atoms with E-state index < -0.39 is 0 Å². The van der Waals surface area contributed by atoms with Crippen molar-refractivity contribution in [3.63, 3.8) is 0 Å². The summed E-state index contributed by atoms with van der Waals surface area (Å²) in [5.74, 6) is 0.156. The van der Waals surface area contributed by atoms with E-state index in [0.717, 1.165) is 4.88 Å². The third kappa shape index (κ3) is 3.82. The van der Waals surface area contributed by atoms with E-state index in [9.17, 15) is 9.59 Å². The van der Waals surface area contributed by atoms with Crippen LogP contribution in [0.5, 0.6) is 5.75 Å². The lowest BCUT2D eigenvalue weighted by atomic mass is 10.2. The van der Waals surface area contributed by atoms with Crippen LogP contribution >= 0.6 is 11.3 Å². The summed E-state index contributed by atoms with van der Waals surface area (Å²) in [6.45, 7) is 3.37. The normalized spacial score (nSPS) is 10.0. The summed E-state index contributed by atoms with van der Waals surface area (Å²) in [4.78, 5) is 25.0. The summed E-state index contributed by atoms with van der Waals surface area (Å²) >= 11 is 1.42. The Bertz CT molecular complexity index is 679. The van der Waals surface area contributed by atoms with Gasteiger partial charge in [-0.05, 0) is 37.3 Å². The number of benzene rings is 1. The molecule has 2 rings (SSSR count). The molecule has 21 heavy (non-hydrogen) atoms. The van der Waals surface area contributed by atoms with Crippen molar-refractivity contribution in [2.24, 2.45) is 0 Å². The standard InChI is InChI=1S/C15H16N2O3S/c1-9-4-7-14(21-9)15(19)17-12-8-11(16-10(2)18)5-6-13(12)20-3/h4-8H,1-3H3,(H,16,18)(H,17,19).